The van der Waals surface area contributed by atoms with Gasteiger partial charge in [-0.2, -0.15) is 5.10 Å². The van der Waals surface area contributed by atoms with Crippen molar-refractivity contribution in [1.82, 2.24) is 4.31 Å². The lowest BCUT2D eigenvalue weighted by Crippen LogP contribution is -2.23. The van der Waals surface area contributed by atoms with E-state index >= 15 is 0 Å². The predicted octanol–water partition coefficient (Wildman–Crippen LogP) is 2.66. The van der Waals surface area contributed by atoms with Crippen molar-refractivity contribution in [3.8, 4) is 0 Å². The lowest BCUT2D eigenvalue weighted by molar-refractivity contribution is 0.508. The number of benzene rings is 2. The minimum Gasteiger partial charge on any atom is -0.377 e. The summed E-state index contributed by atoms with van der Waals surface area (Å²) in [6, 6.07) is 13.5. The molecule has 9 heteroatoms. The summed E-state index contributed by atoms with van der Waals surface area (Å²) in [5.74, 6) is -0.162. The minimum absolute atomic E-state index is 0.272. The first-order valence-corrected chi connectivity index (χ1v) is 9.98. The van der Waals surface area contributed by atoms with Gasteiger partial charge in [0.2, 0.25) is 10.0 Å². The van der Waals surface area contributed by atoms with Gasteiger partial charge >= 0.3 is 0 Å². The van der Waals surface area contributed by atoms with Gasteiger partial charge < -0.3 is 5.73 Å². The van der Waals surface area contributed by atoms with Crippen LogP contribution in [0.15, 0.2) is 63.6 Å². The highest BCUT2D eigenvalue weighted by molar-refractivity contribution is 8.13. The Morgan fingerprint density at radius 3 is 2.58 bits per heavy atom. The highest BCUT2D eigenvalue weighted by atomic mass is 32.2. The molecule has 0 bridgehead atoms. The molecule has 0 aromatic heterocycles. The van der Waals surface area contributed by atoms with Crippen molar-refractivity contribution >= 4 is 33.2 Å². The molecular weight excluding hydrogens is 375 g/mol. The smallest absolute Gasteiger partial charge is 0.245 e. The van der Waals surface area contributed by atoms with Gasteiger partial charge in [-0.1, -0.05) is 48.2 Å². The number of thioether (sulfide) groups is 1. The van der Waals surface area contributed by atoms with Crippen molar-refractivity contribution in [2.24, 2.45) is 15.9 Å². The van der Waals surface area contributed by atoms with E-state index in [4.69, 9.17) is 5.73 Å². The van der Waals surface area contributed by atoms with Crippen LogP contribution in [-0.2, 0) is 15.8 Å². The van der Waals surface area contributed by atoms with Crippen LogP contribution >= 0.6 is 11.8 Å². The zero-order chi connectivity index (χ0) is 19.2. The molecule has 0 radical (unpaired) electrons. The third-order valence-corrected chi connectivity index (χ3v) is 5.99. The molecule has 2 N–H and O–H groups in total. The summed E-state index contributed by atoms with van der Waals surface area (Å²) in [7, 11) is -1.20. The van der Waals surface area contributed by atoms with Gasteiger partial charge in [0, 0.05) is 19.8 Å². The normalized spacial score (nSPS) is 12.8. The molecule has 0 saturated heterocycles. The second kappa shape index (κ2) is 8.93. The number of hydrogen-bond donors (Lipinski definition) is 1. The van der Waals surface area contributed by atoms with E-state index in [1.807, 2.05) is 30.3 Å². The molecular formula is C17H19FN4O2S2. The topological polar surface area (TPSA) is 88.1 Å². The van der Waals surface area contributed by atoms with Gasteiger partial charge in [0.1, 0.15) is 10.7 Å². The Balaban J connectivity index is 2.08. The molecule has 2 aromatic rings. The van der Waals surface area contributed by atoms with E-state index in [-0.39, 0.29) is 5.17 Å². The maximum atomic E-state index is 13.8. The Morgan fingerprint density at radius 1 is 1.23 bits per heavy atom. The molecule has 0 fully saturated rings. The molecule has 138 valence electrons. The Labute approximate surface area is 156 Å². The highest BCUT2D eigenvalue weighted by Crippen LogP contribution is 2.18. The Morgan fingerprint density at radius 2 is 1.92 bits per heavy atom. The second-order valence-corrected chi connectivity index (χ2v) is 8.55. The van der Waals surface area contributed by atoms with Crippen molar-refractivity contribution in [2.75, 3.05) is 14.1 Å². The molecule has 0 amide bonds. The fraction of sp³-hybridized carbons (Fsp3) is 0.176. The number of halogens is 1. The Hall–Kier alpha value is -2.23. The van der Waals surface area contributed by atoms with Crippen LogP contribution in [0.2, 0.25) is 0 Å². The van der Waals surface area contributed by atoms with Crippen LogP contribution in [0, 0.1) is 5.82 Å². The molecule has 0 atom stereocenters. The third kappa shape index (κ3) is 5.38. The maximum Gasteiger partial charge on any atom is 0.245 e. The summed E-state index contributed by atoms with van der Waals surface area (Å²) >= 11 is 1.33. The molecule has 6 nitrogen and oxygen atoms in total. The van der Waals surface area contributed by atoms with Crippen LogP contribution in [0.3, 0.4) is 0 Å². The summed E-state index contributed by atoms with van der Waals surface area (Å²) in [5, 5.41) is 7.97. The first kappa shape index (κ1) is 20.1. The van der Waals surface area contributed by atoms with Crippen molar-refractivity contribution < 1.29 is 12.8 Å². The number of rotatable bonds is 6. The van der Waals surface area contributed by atoms with E-state index < -0.39 is 20.7 Å². The fourth-order valence-electron chi connectivity index (χ4n) is 1.91. The van der Waals surface area contributed by atoms with E-state index in [2.05, 4.69) is 10.2 Å². The van der Waals surface area contributed by atoms with E-state index in [1.165, 1.54) is 44.2 Å². The molecule has 26 heavy (non-hydrogen) atoms. The summed E-state index contributed by atoms with van der Waals surface area (Å²) in [4.78, 5) is -0.415. The third-order valence-electron chi connectivity index (χ3n) is 3.31. The molecule has 0 aliphatic carbocycles. The minimum atomic E-state index is -3.88. The lowest BCUT2D eigenvalue weighted by Gasteiger charge is -2.12. The Kier molecular flexibility index (Phi) is 6.90. The van der Waals surface area contributed by atoms with Gasteiger partial charge in [-0.05, 0) is 23.3 Å². The molecule has 2 rings (SSSR count). The molecule has 0 heterocycles. The van der Waals surface area contributed by atoms with Gasteiger partial charge in [0.05, 0.1) is 6.21 Å². The van der Waals surface area contributed by atoms with Crippen LogP contribution < -0.4 is 5.73 Å². The predicted molar refractivity (Wildman–Crippen MR) is 104 cm³/mol. The van der Waals surface area contributed by atoms with Crippen LogP contribution in [0.5, 0.6) is 0 Å². The maximum absolute atomic E-state index is 13.8. The highest BCUT2D eigenvalue weighted by Gasteiger charge is 2.21. The largest absolute Gasteiger partial charge is 0.377 e. The van der Waals surface area contributed by atoms with Crippen molar-refractivity contribution in [3.63, 3.8) is 0 Å². The number of sulfonamides is 1. The first-order chi connectivity index (χ1) is 12.3. The van der Waals surface area contributed by atoms with Crippen molar-refractivity contribution in [3.05, 3.63) is 65.5 Å². The van der Waals surface area contributed by atoms with Gasteiger partial charge in [0.15, 0.2) is 5.17 Å². The van der Waals surface area contributed by atoms with E-state index in [1.54, 1.807) is 0 Å². The summed E-state index contributed by atoms with van der Waals surface area (Å²) in [6.07, 6.45) is 1.32. The molecule has 0 spiro atoms. The standard InChI is InChI=1S/C17H19FN4O2S2/c1-22(2)26(23,24)16-10-14(8-9-15(16)18)11-20-21-17(19)25-12-13-6-4-3-5-7-13/h3-11H,12H2,1-2H3,(H2,19,21). The number of amidine groups is 1. The van der Waals surface area contributed by atoms with Crippen molar-refractivity contribution in [2.45, 2.75) is 10.6 Å². The van der Waals surface area contributed by atoms with E-state index in [0.717, 1.165) is 15.9 Å². The van der Waals surface area contributed by atoms with Crippen LogP contribution in [0.1, 0.15) is 11.1 Å². The molecule has 0 saturated carbocycles. The Bertz CT molecular complexity index is 914. The number of nitrogens with zero attached hydrogens (tertiary/aromatic N) is 3. The fourth-order valence-corrected chi connectivity index (χ4v) is 3.51. The zero-order valence-electron chi connectivity index (χ0n) is 14.3. The van der Waals surface area contributed by atoms with Gasteiger partial charge in [-0.3, -0.25) is 0 Å². The summed E-state index contributed by atoms with van der Waals surface area (Å²) in [5.41, 5.74) is 7.29. The average Bonchev–Trinajstić information content (AvgIpc) is 2.62. The van der Waals surface area contributed by atoms with E-state index in [0.29, 0.717) is 11.3 Å². The molecule has 0 aliphatic rings. The average molecular weight is 394 g/mol. The zero-order valence-corrected chi connectivity index (χ0v) is 16.0. The lowest BCUT2D eigenvalue weighted by atomic mass is 10.2. The van der Waals surface area contributed by atoms with Gasteiger partial charge in [-0.15, -0.1) is 5.10 Å². The molecule has 2 aromatic carbocycles. The monoisotopic (exact) mass is 394 g/mol. The van der Waals surface area contributed by atoms with Crippen LogP contribution in [-0.4, -0.2) is 38.2 Å². The SMILES string of the molecule is CN(C)S(=O)(=O)c1cc(C=NN=C(N)SCc2ccccc2)ccc1F. The summed E-state index contributed by atoms with van der Waals surface area (Å²) < 4.78 is 39.0. The van der Waals surface area contributed by atoms with Gasteiger partial charge in [0.25, 0.3) is 0 Å². The number of hydrogen-bond acceptors (Lipinski definition) is 5. The molecule has 0 aliphatic heterocycles. The first-order valence-electron chi connectivity index (χ1n) is 7.56. The second-order valence-electron chi connectivity index (χ2n) is 5.43. The van der Waals surface area contributed by atoms with E-state index in [9.17, 15) is 12.8 Å². The number of nitrogens with two attached hydrogens (primary N) is 1. The van der Waals surface area contributed by atoms with Gasteiger partial charge in [-0.25, -0.2) is 17.1 Å². The summed E-state index contributed by atoms with van der Waals surface area (Å²) in [6.45, 7) is 0. The van der Waals surface area contributed by atoms with Crippen molar-refractivity contribution in [1.29, 1.82) is 0 Å². The quantitative estimate of drug-likeness (QED) is 0.463. The molecule has 0 unspecified atom stereocenters. The van der Waals surface area contributed by atoms with Crippen LogP contribution in [0.25, 0.3) is 0 Å². The van der Waals surface area contributed by atoms with Crippen LogP contribution in [0.4, 0.5) is 4.39 Å².